The zero-order chi connectivity index (χ0) is 46.2. The van der Waals surface area contributed by atoms with Crippen molar-refractivity contribution in [3.8, 4) is 33.3 Å². The van der Waals surface area contributed by atoms with Crippen LogP contribution in [0.4, 0.5) is 11.5 Å². The number of β-amino-alcohol motifs (C(OH)–C–C–N with tert-alkyl or cyclic N) is 1. The van der Waals surface area contributed by atoms with Crippen molar-refractivity contribution < 1.29 is 29.1 Å². The number of anilines is 2. The number of aromatic hydroxyl groups is 1. The second kappa shape index (κ2) is 19.3. The molecule has 5 N–H and O–H groups in total. The Morgan fingerprint density at radius 1 is 1.02 bits per heavy atom. The summed E-state index contributed by atoms with van der Waals surface area (Å²) >= 11 is 1.59. The lowest BCUT2D eigenvalue weighted by Gasteiger charge is -2.53. The second-order valence-corrected chi connectivity index (χ2v) is 19.4. The summed E-state index contributed by atoms with van der Waals surface area (Å²) < 4.78 is 11.8. The summed E-state index contributed by atoms with van der Waals surface area (Å²) in [6, 6.07) is 18.4. The van der Waals surface area contributed by atoms with Crippen molar-refractivity contribution >= 4 is 34.7 Å². The van der Waals surface area contributed by atoms with Crippen molar-refractivity contribution in [1.82, 2.24) is 40.4 Å². The molecule has 7 heterocycles. The Bertz CT molecular complexity index is 2490. The van der Waals surface area contributed by atoms with Gasteiger partial charge in [-0.25, -0.2) is 10.8 Å². The molecule has 18 heteroatoms. The number of nitrogens with one attached hydrogen (secondary N) is 1. The van der Waals surface area contributed by atoms with Gasteiger partial charge in [-0.15, -0.1) is 21.5 Å². The van der Waals surface area contributed by atoms with Gasteiger partial charge in [0.15, 0.2) is 11.6 Å². The van der Waals surface area contributed by atoms with E-state index in [0.717, 1.165) is 79.5 Å². The molecule has 350 valence electrons. The Morgan fingerprint density at radius 3 is 2.52 bits per heavy atom. The molecule has 4 aliphatic rings. The normalized spacial score (nSPS) is 22.6. The Morgan fingerprint density at radius 2 is 1.79 bits per heavy atom. The van der Waals surface area contributed by atoms with E-state index in [2.05, 4.69) is 47.3 Å². The molecule has 0 radical (unpaired) electrons. The summed E-state index contributed by atoms with van der Waals surface area (Å²) in [7, 11) is 0. The highest BCUT2D eigenvalue weighted by atomic mass is 32.1. The zero-order valence-corrected chi connectivity index (χ0v) is 39.1. The SMILES string of the molecule is Cc1ncsc1-c1ccc([C@H](C)NC(=O)[C@@H]2C[C@@H](O)CN2C(=O)[C@@H](c2cc(OCCN3CCC(N4CCN5c6cc(-c7ccccc7O)nnc6N(N)[C@@H](C)[C@@H]5C4)CC3)no2)C(C)C)cc1. The number of aromatic nitrogens is 4. The number of hydrogen-bond acceptors (Lipinski definition) is 16. The number of rotatable bonds is 13. The predicted octanol–water partition coefficient (Wildman–Crippen LogP) is 4.96. The lowest BCUT2D eigenvalue weighted by atomic mass is 9.91. The number of amides is 2. The molecule has 6 atom stereocenters. The molecule has 2 aromatic carbocycles. The van der Waals surface area contributed by atoms with Gasteiger partial charge in [-0.05, 0) is 87.1 Å². The van der Waals surface area contributed by atoms with Gasteiger partial charge in [-0.2, -0.15) is 0 Å². The lowest BCUT2D eigenvalue weighted by Crippen LogP contribution is -2.67. The number of piperidine rings is 1. The van der Waals surface area contributed by atoms with Gasteiger partial charge in [-0.1, -0.05) is 50.2 Å². The Balaban J connectivity index is 0.754. The van der Waals surface area contributed by atoms with E-state index in [9.17, 15) is 19.8 Å². The number of nitrogens with two attached hydrogens (primary N) is 1. The topological polar surface area (TPSA) is 203 Å². The summed E-state index contributed by atoms with van der Waals surface area (Å²) in [6.45, 7) is 15.7. The van der Waals surface area contributed by atoms with Gasteiger partial charge in [0, 0.05) is 56.8 Å². The molecule has 0 spiro atoms. The molecule has 3 aromatic heterocycles. The van der Waals surface area contributed by atoms with Crippen LogP contribution in [0.1, 0.15) is 75.9 Å². The molecule has 2 amide bonds. The smallest absolute Gasteiger partial charge is 0.254 e. The van der Waals surface area contributed by atoms with Crippen molar-refractivity contribution in [2.24, 2.45) is 11.8 Å². The van der Waals surface area contributed by atoms with Crippen molar-refractivity contribution in [2.45, 2.75) is 96.1 Å². The van der Waals surface area contributed by atoms with Gasteiger partial charge in [0.1, 0.15) is 24.3 Å². The molecule has 17 nitrogen and oxygen atoms in total. The number of hydrogen-bond donors (Lipinski definition) is 4. The van der Waals surface area contributed by atoms with E-state index >= 15 is 0 Å². The van der Waals surface area contributed by atoms with Gasteiger partial charge in [-0.3, -0.25) is 24.4 Å². The largest absolute Gasteiger partial charge is 0.507 e. The van der Waals surface area contributed by atoms with E-state index in [-0.39, 0.29) is 54.6 Å². The standard InChI is InChI=1S/C48H61N11O6S/c1-28(2)44(48(63)58-25-35(60)22-39(58)47(62)51-29(3)32-10-12-33(13-11-32)45-30(4)50-27-66-45)42-24-43(54-65-42)64-21-20-55-16-14-34(15-17-55)56-18-19-57-38-23-37(36-8-6-7-9-41(36)61)52-53-46(38)59(49)31(5)40(57)26-56/h6-13,23-24,27-29,31,34-35,39-40,44,60-61H,14-22,25-26,49H2,1-5H3,(H,51,62)/t29-,31-,35+,39-,40-,44+/m0/s1. The van der Waals surface area contributed by atoms with Crippen molar-refractivity contribution in [2.75, 3.05) is 62.3 Å². The lowest BCUT2D eigenvalue weighted by molar-refractivity contribution is -0.141. The Hall–Kier alpha value is -5.66. The van der Waals surface area contributed by atoms with Crippen molar-refractivity contribution in [3.05, 3.63) is 83.2 Å². The average molecular weight is 920 g/mol. The molecule has 3 saturated heterocycles. The van der Waals surface area contributed by atoms with Crippen LogP contribution in [0, 0.1) is 12.8 Å². The third-order valence-electron chi connectivity index (χ3n) is 14.1. The molecular formula is C48H61N11O6S. The summed E-state index contributed by atoms with van der Waals surface area (Å²) in [5, 5.41) is 39.2. The van der Waals surface area contributed by atoms with Crippen LogP contribution in [0.2, 0.25) is 0 Å². The van der Waals surface area contributed by atoms with E-state index in [1.165, 1.54) is 4.90 Å². The molecule has 0 unspecified atom stereocenters. The maximum Gasteiger partial charge on any atom is 0.254 e. The number of piperazine rings is 1. The van der Waals surface area contributed by atoms with E-state index < -0.39 is 18.1 Å². The van der Waals surface area contributed by atoms with E-state index in [1.807, 2.05) is 75.7 Å². The number of fused-ring (bicyclic) bond motifs is 3. The van der Waals surface area contributed by atoms with Crippen LogP contribution < -0.4 is 25.8 Å². The van der Waals surface area contributed by atoms with E-state index in [0.29, 0.717) is 41.4 Å². The first-order valence-electron chi connectivity index (χ1n) is 23.2. The van der Waals surface area contributed by atoms with Crippen LogP contribution >= 0.6 is 11.3 Å². The minimum Gasteiger partial charge on any atom is -0.507 e. The minimum absolute atomic E-state index is 0.0362. The van der Waals surface area contributed by atoms with E-state index in [1.54, 1.807) is 34.5 Å². The first kappa shape index (κ1) is 45.5. The first-order chi connectivity index (χ1) is 31.8. The van der Waals surface area contributed by atoms with Crippen molar-refractivity contribution in [3.63, 3.8) is 0 Å². The Labute approximate surface area is 389 Å². The molecular weight excluding hydrogens is 859 g/mol. The van der Waals surface area contributed by atoms with Crippen LogP contribution in [0.5, 0.6) is 11.6 Å². The summed E-state index contributed by atoms with van der Waals surface area (Å²) in [5.74, 6) is 6.66. The van der Waals surface area contributed by atoms with Crippen molar-refractivity contribution in [1.29, 1.82) is 0 Å². The molecule has 0 aliphatic carbocycles. The number of benzene rings is 2. The van der Waals surface area contributed by atoms with Crippen LogP contribution in [-0.4, -0.2) is 140 Å². The number of ether oxygens (including phenoxy) is 1. The number of phenolic OH excluding ortho intramolecular Hbond substituents is 1. The third kappa shape index (κ3) is 9.21. The van der Waals surface area contributed by atoms with Gasteiger partial charge >= 0.3 is 0 Å². The first-order valence-corrected chi connectivity index (χ1v) is 24.0. The molecule has 0 bridgehead atoms. The fourth-order valence-corrected chi connectivity index (χ4v) is 11.0. The van der Waals surface area contributed by atoms with Gasteiger partial charge in [0.25, 0.3) is 5.88 Å². The monoisotopic (exact) mass is 919 g/mol. The zero-order valence-electron chi connectivity index (χ0n) is 38.3. The van der Waals surface area contributed by atoms with Crippen LogP contribution in [0.25, 0.3) is 21.7 Å². The van der Waals surface area contributed by atoms with Crippen LogP contribution in [0.15, 0.2) is 70.7 Å². The van der Waals surface area contributed by atoms with E-state index in [4.69, 9.17) is 15.1 Å². The third-order valence-corrected chi connectivity index (χ3v) is 15.0. The molecule has 9 rings (SSSR count). The highest BCUT2D eigenvalue weighted by Crippen LogP contribution is 2.40. The maximum absolute atomic E-state index is 14.2. The molecule has 3 fully saturated rings. The number of phenols is 1. The number of aryl methyl sites for hydroxylation is 1. The van der Waals surface area contributed by atoms with Gasteiger partial charge in [0.2, 0.25) is 11.8 Å². The number of hydrazine groups is 1. The maximum atomic E-state index is 14.2. The quantitative estimate of drug-likeness (QED) is 0.115. The fourth-order valence-electron chi connectivity index (χ4n) is 10.2. The highest BCUT2D eigenvalue weighted by Gasteiger charge is 2.45. The number of aliphatic hydroxyl groups excluding tert-OH is 1. The predicted molar refractivity (Wildman–Crippen MR) is 252 cm³/mol. The number of aliphatic hydroxyl groups is 1. The molecule has 4 aliphatic heterocycles. The molecule has 5 aromatic rings. The van der Waals surface area contributed by atoms with Crippen LogP contribution in [0.3, 0.4) is 0 Å². The Kier molecular flexibility index (Phi) is 13.3. The number of carbonyl (C=O) groups excluding carboxylic acids is 2. The number of nitrogens with zero attached hydrogens (tertiary/aromatic N) is 9. The van der Waals surface area contributed by atoms with Crippen LogP contribution in [-0.2, 0) is 9.59 Å². The number of para-hydroxylation sites is 1. The average Bonchev–Trinajstić information content (AvgIpc) is 4.08. The second-order valence-electron chi connectivity index (χ2n) is 18.6. The molecule has 66 heavy (non-hydrogen) atoms. The summed E-state index contributed by atoms with van der Waals surface area (Å²) in [4.78, 5) is 42.4. The molecule has 0 saturated carbocycles. The number of likely N-dealkylation sites (tertiary alicyclic amines) is 2. The minimum atomic E-state index is -0.826. The number of thiazole rings is 1. The fraction of sp³-hybridized carbons (Fsp3) is 0.500. The van der Waals surface area contributed by atoms with Gasteiger partial charge < -0.3 is 34.6 Å². The van der Waals surface area contributed by atoms with Gasteiger partial charge in [0.05, 0.1) is 51.7 Å². The summed E-state index contributed by atoms with van der Waals surface area (Å²) in [5.41, 5.74) is 7.02. The highest BCUT2D eigenvalue weighted by molar-refractivity contribution is 7.13. The summed E-state index contributed by atoms with van der Waals surface area (Å²) in [6.07, 6.45) is 1.42. The number of carbonyl (C=O) groups is 2.